The maximum Gasteiger partial charge on any atom is 0.269 e. The van der Waals surface area contributed by atoms with Crippen molar-refractivity contribution in [3.05, 3.63) is 39.8 Å². The van der Waals surface area contributed by atoms with Crippen molar-refractivity contribution in [3.8, 4) is 0 Å². The van der Waals surface area contributed by atoms with Gasteiger partial charge in [-0.1, -0.05) is 6.07 Å². The summed E-state index contributed by atoms with van der Waals surface area (Å²) in [5.74, 6) is -0.124. The fourth-order valence-corrected chi connectivity index (χ4v) is 3.91. The number of nitrogens with zero attached hydrogens (tertiary/aromatic N) is 2. The first-order valence-electron chi connectivity index (χ1n) is 8.28. The maximum atomic E-state index is 12.4. The first kappa shape index (κ1) is 16.7. The van der Waals surface area contributed by atoms with Gasteiger partial charge in [-0.3, -0.25) is 14.7 Å². The number of aromatic amines is 1. The smallest absolute Gasteiger partial charge is 0.269 e. The van der Waals surface area contributed by atoms with Crippen LogP contribution in [0.2, 0.25) is 0 Å². The summed E-state index contributed by atoms with van der Waals surface area (Å²) < 4.78 is 0. The lowest BCUT2D eigenvalue weighted by Crippen LogP contribution is -2.39. The van der Waals surface area contributed by atoms with Gasteiger partial charge >= 0.3 is 0 Å². The molecular weight excluding hydrogens is 324 g/mol. The number of nitrogens with two attached hydrogens (primary N) is 1. The maximum absolute atomic E-state index is 12.4. The standard InChI is InChI=1S/C17H22N4O2S/c18-17(23)15-10-14(19-20-15)12-4-2-8-21(11-12)16(22)7-1-5-13-6-3-9-24-13/h3,6,9-10,12H,1-2,4-5,7-8,11H2,(H2,18,23)(H,19,20)/t12-/m0/s1. The Bertz CT molecular complexity index is 695. The van der Waals surface area contributed by atoms with Crippen molar-refractivity contribution in [2.45, 2.75) is 38.0 Å². The number of amides is 2. The summed E-state index contributed by atoms with van der Waals surface area (Å²) in [6.45, 7) is 1.49. The number of hydrogen-bond acceptors (Lipinski definition) is 4. The molecule has 0 radical (unpaired) electrons. The minimum absolute atomic E-state index is 0.195. The lowest BCUT2D eigenvalue weighted by Gasteiger charge is -2.32. The Morgan fingerprint density at radius 3 is 3.04 bits per heavy atom. The fourth-order valence-electron chi connectivity index (χ4n) is 3.16. The van der Waals surface area contributed by atoms with Crippen LogP contribution in [0, 0.1) is 0 Å². The zero-order valence-electron chi connectivity index (χ0n) is 13.5. The number of nitrogens with one attached hydrogen (secondary N) is 1. The highest BCUT2D eigenvalue weighted by molar-refractivity contribution is 7.09. The van der Waals surface area contributed by atoms with Gasteiger partial charge in [0, 0.05) is 36.0 Å². The van der Waals surface area contributed by atoms with Crippen LogP contribution in [-0.2, 0) is 11.2 Å². The molecule has 2 amide bonds. The average molecular weight is 346 g/mol. The number of primary amides is 1. The molecule has 24 heavy (non-hydrogen) atoms. The summed E-state index contributed by atoms with van der Waals surface area (Å²) in [5.41, 5.74) is 6.38. The second kappa shape index (κ2) is 7.61. The van der Waals surface area contributed by atoms with E-state index in [9.17, 15) is 9.59 Å². The van der Waals surface area contributed by atoms with Crippen LogP contribution in [0.3, 0.4) is 0 Å². The summed E-state index contributed by atoms with van der Waals surface area (Å²) >= 11 is 1.74. The van der Waals surface area contributed by atoms with Crippen LogP contribution in [-0.4, -0.2) is 40.0 Å². The molecule has 0 saturated carbocycles. The van der Waals surface area contributed by atoms with Crippen LogP contribution in [0.4, 0.5) is 0 Å². The first-order chi connectivity index (χ1) is 11.6. The van der Waals surface area contributed by atoms with Gasteiger partial charge in [-0.25, -0.2) is 0 Å². The van der Waals surface area contributed by atoms with Crippen molar-refractivity contribution >= 4 is 23.2 Å². The number of thiophene rings is 1. The van der Waals surface area contributed by atoms with Crippen molar-refractivity contribution in [2.24, 2.45) is 5.73 Å². The largest absolute Gasteiger partial charge is 0.364 e. The molecule has 1 atom stereocenters. The van der Waals surface area contributed by atoms with Crippen LogP contribution in [0.25, 0.3) is 0 Å². The van der Waals surface area contributed by atoms with Crippen LogP contribution in [0.15, 0.2) is 23.6 Å². The summed E-state index contributed by atoms with van der Waals surface area (Å²) in [6.07, 6.45) is 4.38. The highest BCUT2D eigenvalue weighted by atomic mass is 32.1. The molecule has 0 spiro atoms. The topological polar surface area (TPSA) is 92.1 Å². The van der Waals surface area contributed by atoms with E-state index in [0.29, 0.717) is 13.0 Å². The Morgan fingerprint density at radius 2 is 2.33 bits per heavy atom. The van der Waals surface area contributed by atoms with Crippen molar-refractivity contribution in [3.63, 3.8) is 0 Å². The number of carbonyl (C=O) groups is 2. The molecule has 0 bridgehead atoms. The lowest BCUT2D eigenvalue weighted by atomic mass is 9.94. The predicted octanol–water partition coefficient (Wildman–Crippen LogP) is 2.30. The van der Waals surface area contributed by atoms with Gasteiger partial charge in [-0.05, 0) is 43.2 Å². The van der Waals surface area contributed by atoms with Crippen LogP contribution < -0.4 is 5.73 Å². The minimum atomic E-state index is -0.533. The molecule has 3 heterocycles. The molecule has 3 rings (SSSR count). The van der Waals surface area contributed by atoms with Crippen LogP contribution in [0.1, 0.15) is 52.7 Å². The number of rotatable bonds is 6. The van der Waals surface area contributed by atoms with E-state index >= 15 is 0 Å². The highest BCUT2D eigenvalue weighted by Gasteiger charge is 2.26. The number of hydrogen-bond donors (Lipinski definition) is 2. The van der Waals surface area contributed by atoms with Gasteiger partial charge in [0.2, 0.25) is 5.91 Å². The Labute approximate surface area is 145 Å². The molecule has 0 aliphatic carbocycles. The number of aryl methyl sites for hydroxylation is 1. The third kappa shape index (κ3) is 4.03. The molecule has 2 aromatic rings. The van der Waals surface area contributed by atoms with Gasteiger partial charge in [0.05, 0.1) is 0 Å². The molecule has 0 unspecified atom stereocenters. The van der Waals surface area contributed by atoms with Crippen molar-refractivity contribution < 1.29 is 9.59 Å². The quantitative estimate of drug-likeness (QED) is 0.840. The molecular formula is C17H22N4O2S. The van der Waals surface area contributed by atoms with Crippen molar-refractivity contribution in [1.29, 1.82) is 0 Å². The highest BCUT2D eigenvalue weighted by Crippen LogP contribution is 2.26. The Kier molecular flexibility index (Phi) is 5.30. The fraction of sp³-hybridized carbons (Fsp3) is 0.471. The van der Waals surface area contributed by atoms with Gasteiger partial charge in [0.1, 0.15) is 5.69 Å². The molecule has 1 fully saturated rings. The van der Waals surface area contributed by atoms with Gasteiger partial charge in [0.25, 0.3) is 5.91 Å². The summed E-state index contributed by atoms with van der Waals surface area (Å²) in [5, 5.41) is 8.89. The summed E-state index contributed by atoms with van der Waals surface area (Å²) in [7, 11) is 0. The second-order valence-electron chi connectivity index (χ2n) is 6.18. The lowest BCUT2D eigenvalue weighted by molar-refractivity contribution is -0.132. The SMILES string of the molecule is NC(=O)c1cc([C@H]2CCCN(C(=O)CCCc3cccs3)C2)[nH]n1. The summed E-state index contributed by atoms with van der Waals surface area (Å²) in [4.78, 5) is 26.9. The van der Waals surface area contributed by atoms with E-state index in [4.69, 9.17) is 5.73 Å². The van der Waals surface area contributed by atoms with Crippen molar-refractivity contribution in [1.82, 2.24) is 15.1 Å². The van der Waals surface area contributed by atoms with E-state index < -0.39 is 5.91 Å². The van der Waals surface area contributed by atoms with E-state index in [-0.39, 0.29) is 17.5 Å². The number of likely N-dealkylation sites (tertiary alicyclic amines) is 1. The molecule has 1 saturated heterocycles. The summed E-state index contributed by atoms with van der Waals surface area (Å²) in [6, 6.07) is 5.86. The number of carbonyl (C=O) groups excluding carboxylic acids is 2. The molecule has 0 aromatic carbocycles. The zero-order chi connectivity index (χ0) is 16.9. The molecule has 7 heteroatoms. The molecule has 3 N–H and O–H groups in total. The van der Waals surface area contributed by atoms with E-state index in [1.54, 1.807) is 17.4 Å². The number of H-pyrrole nitrogens is 1. The van der Waals surface area contributed by atoms with Crippen LogP contribution in [0.5, 0.6) is 0 Å². The third-order valence-electron chi connectivity index (χ3n) is 4.46. The first-order valence-corrected chi connectivity index (χ1v) is 9.16. The van der Waals surface area contributed by atoms with E-state index in [0.717, 1.165) is 37.9 Å². The Balaban J connectivity index is 1.52. The molecule has 6 nitrogen and oxygen atoms in total. The van der Waals surface area contributed by atoms with E-state index in [1.807, 2.05) is 11.0 Å². The van der Waals surface area contributed by atoms with Gasteiger partial charge in [-0.2, -0.15) is 5.10 Å². The minimum Gasteiger partial charge on any atom is -0.364 e. The van der Waals surface area contributed by atoms with Gasteiger partial charge in [0.15, 0.2) is 0 Å². The molecule has 1 aliphatic heterocycles. The average Bonchev–Trinajstić information content (AvgIpc) is 3.26. The Hall–Kier alpha value is -2.15. The van der Waals surface area contributed by atoms with Crippen molar-refractivity contribution in [2.75, 3.05) is 13.1 Å². The molecule has 2 aromatic heterocycles. The third-order valence-corrected chi connectivity index (χ3v) is 5.39. The Morgan fingerprint density at radius 1 is 1.46 bits per heavy atom. The monoisotopic (exact) mass is 346 g/mol. The second-order valence-corrected chi connectivity index (χ2v) is 7.22. The van der Waals surface area contributed by atoms with E-state index in [1.165, 1.54) is 4.88 Å². The normalized spacial score (nSPS) is 17.8. The van der Waals surface area contributed by atoms with E-state index in [2.05, 4.69) is 21.6 Å². The van der Waals surface area contributed by atoms with Gasteiger partial charge in [-0.15, -0.1) is 11.3 Å². The predicted molar refractivity (Wildman–Crippen MR) is 92.9 cm³/mol. The zero-order valence-corrected chi connectivity index (χ0v) is 14.3. The number of piperidine rings is 1. The molecule has 128 valence electrons. The van der Waals surface area contributed by atoms with Gasteiger partial charge < -0.3 is 10.6 Å². The van der Waals surface area contributed by atoms with Crippen LogP contribution >= 0.6 is 11.3 Å². The molecule has 1 aliphatic rings. The number of aromatic nitrogens is 2.